The molecule has 0 aromatic heterocycles. The monoisotopic (exact) mass is 977 g/mol. The van der Waals surface area contributed by atoms with Crippen LogP contribution in [0.4, 0.5) is 0 Å². The van der Waals surface area contributed by atoms with Gasteiger partial charge < -0.3 is 67.7 Å². The molecule has 398 valence electrons. The smallest absolute Gasteiger partial charge is 0.373 e. The zero-order valence-electron chi connectivity index (χ0n) is 36.3. The van der Waals surface area contributed by atoms with Gasteiger partial charge in [0.15, 0.2) is 0 Å². The summed E-state index contributed by atoms with van der Waals surface area (Å²) in [5, 5.41) is 50.7. The second-order valence-electron chi connectivity index (χ2n) is 13.3. The van der Waals surface area contributed by atoms with E-state index in [1.807, 2.05) is 32.8 Å². The summed E-state index contributed by atoms with van der Waals surface area (Å²) in [6.07, 6.45) is 5.48. The van der Waals surface area contributed by atoms with Crippen molar-refractivity contribution in [1.82, 2.24) is 14.7 Å². The van der Waals surface area contributed by atoms with Crippen LogP contribution in [0.15, 0.2) is 0 Å². The number of quaternary nitrogens is 1. The molecule has 0 aromatic rings. The Labute approximate surface area is 399 Å². The van der Waals surface area contributed by atoms with Crippen molar-refractivity contribution in [2.24, 2.45) is 0 Å². The third kappa shape index (κ3) is 121. The summed E-state index contributed by atoms with van der Waals surface area (Å²) >= 11 is 0. The first-order valence-corrected chi connectivity index (χ1v) is 19.8. The van der Waals surface area contributed by atoms with Gasteiger partial charge in [-0.25, -0.2) is 8.42 Å². The van der Waals surface area contributed by atoms with Crippen LogP contribution < -0.4 is 0 Å². The lowest BCUT2D eigenvalue weighted by molar-refractivity contribution is -0.898. The molecule has 0 saturated carbocycles. The van der Waals surface area contributed by atoms with Gasteiger partial charge in [0.1, 0.15) is 13.1 Å². The van der Waals surface area contributed by atoms with Gasteiger partial charge in [-0.3, -0.25) is 0 Å². The molecule has 0 amide bonds. The number of aliphatic hydroxyl groups is 3. The largest absolute Gasteiger partial charge is 0.727 e. The third-order valence-electron chi connectivity index (χ3n) is 6.65. The molecule has 22 nitrogen and oxygen atoms in total. The maximum Gasteiger partial charge on any atom is 0.373 e. The van der Waals surface area contributed by atoms with Crippen LogP contribution in [0.3, 0.4) is 0 Å². The molecule has 0 aliphatic carbocycles. The average molecular weight is 977 g/mol. The van der Waals surface area contributed by atoms with Gasteiger partial charge in [-0.05, 0) is 54.2 Å². The third-order valence-corrected chi connectivity index (χ3v) is 7.15. The Morgan fingerprint density at radius 2 is 0.923 bits per heavy atom. The molecule has 2 rings (SSSR count). The number of morpholine rings is 2. The van der Waals surface area contributed by atoms with Crippen molar-refractivity contribution in [2.45, 2.75) is 105 Å². The van der Waals surface area contributed by atoms with E-state index in [0.29, 0.717) is 31.8 Å². The highest BCUT2D eigenvalue weighted by Crippen LogP contribution is 2.01. The molecule has 27 heteroatoms. The molecule has 6 N–H and O–H groups in total. The minimum Gasteiger partial charge on any atom is -0.727 e. The highest BCUT2D eigenvalue weighted by Gasteiger charge is 2.18. The maximum atomic E-state index is 10.2. The number of hydrogen-bond donors (Lipinski definition) is 6. The first-order chi connectivity index (χ1) is 27.0. The second kappa shape index (κ2) is 76.1. The van der Waals surface area contributed by atoms with Crippen molar-refractivity contribution >= 4 is 56.5 Å². The van der Waals surface area contributed by atoms with E-state index in [4.69, 9.17) is 68.6 Å². The van der Waals surface area contributed by atoms with E-state index in [1.165, 1.54) is 13.1 Å². The Hall–Kier alpha value is -2.21. The number of likely N-dealkylation sites (N-methyl/N-ethyl adjacent to an activating group) is 2. The van der Waals surface area contributed by atoms with Gasteiger partial charge in [-0.1, -0.05) is 85.6 Å². The van der Waals surface area contributed by atoms with Crippen molar-refractivity contribution < 1.29 is 90.2 Å². The molecule has 0 aromatic carbocycles. The molecule has 2 heterocycles. The highest BCUT2D eigenvalue weighted by molar-refractivity contribution is 7.81. The van der Waals surface area contributed by atoms with E-state index >= 15 is 0 Å². The molecule has 65 heavy (non-hydrogen) atoms. The quantitative estimate of drug-likeness (QED) is 0.0605. The first kappa shape index (κ1) is 101. The molecule has 0 radical (unpaired) electrons. The predicted molar refractivity (Wildman–Crippen MR) is 263 cm³/mol. The number of rotatable bonds is 14. The van der Waals surface area contributed by atoms with Crippen LogP contribution in [0.2, 0.25) is 19.0 Å². The lowest BCUT2D eigenvalue weighted by atomic mass is 9.65. The van der Waals surface area contributed by atoms with Crippen molar-refractivity contribution in [3.63, 3.8) is 0 Å². The molecule has 2 aliphatic rings. The lowest BCUT2D eigenvalue weighted by Gasteiger charge is -2.33. The van der Waals surface area contributed by atoms with E-state index in [0.717, 1.165) is 56.8 Å². The summed E-state index contributed by atoms with van der Waals surface area (Å²) in [6, 6.07) is 0. The van der Waals surface area contributed by atoms with Crippen LogP contribution in [0.25, 0.3) is 0 Å². The minimum atomic E-state index is -4.56. The molecule has 2 saturated heterocycles. The maximum absolute atomic E-state index is 10.2. The number of aliphatic hydroxyl groups excluding tert-OH is 3. The fraction of sp³-hybridized carbons (Fsp3) is 0.921. The van der Waals surface area contributed by atoms with E-state index in [-0.39, 0.29) is 90.0 Å². The van der Waals surface area contributed by atoms with Gasteiger partial charge in [-0.2, -0.15) is 28.8 Å². The van der Waals surface area contributed by atoms with Crippen LogP contribution in [0.1, 0.15) is 85.6 Å². The van der Waals surface area contributed by atoms with Crippen LogP contribution in [-0.4, -0.2) is 243 Å². The summed E-state index contributed by atoms with van der Waals surface area (Å²) in [6.45, 7) is 11.5. The van der Waals surface area contributed by atoms with Crippen LogP contribution in [-0.2, 0) is 52.7 Å². The van der Waals surface area contributed by atoms with Gasteiger partial charge in [0.05, 0.1) is 47.0 Å². The summed E-state index contributed by atoms with van der Waals surface area (Å²) in [4.78, 5) is 54.6. The van der Waals surface area contributed by atoms with E-state index in [9.17, 15) is 13.0 Å². The number of carbonyl (C=O) groups excluding carboxylic acids is 6. The Morgan fingerprint density at radius 1 is 0.631 bits per heavy atom. The number of nitrogens with zero attached hydrogens (tertiary/aromatic N) is 4. The van der Waals surface area contributed by atoms with Gasteiger partial charge in [0, 0.05) is 39.0 Å². The molecule has 2 aliphatic heterocycles. The van der Waals surface area contributed by atoms with Crippen molar-refractivity contribution in [3.8, 4) is 0 Å². The molecule has 0 bridgehead atoms. The standard InChI is InChI=1S/C6H14NO.C5H14BNO4S.C5H11NO.C4H12BNO2.2C4H11BO2.3CO2.7CH4/c1-7(2)3-5-8-6-4-7;1-4-6(5-7(2)3)11-12(8,9)10;1-6-2-4-7-5-3-6;1-6(2)3-5(8)4-7;2*1-2-3-5(7)4-6;3*2-1-3;;;;;;;/h3-6H2,1-2H3;4-5H2,1-3H3,(H,8,9,10);2-5H2,1H3;7-8H,3-4H2,1-2H3;2*6-7H,2-4H2,1H3;;;;7*1H4/q+1;;;;;;;;;;;;;;;/p-1. The SMILES string of the molecule is C.C.C.C.C.C.C.CCB(CN(C)C)OS(=O)(=O)[O-].CCCB(O)CO.CCCB(O)CO.CN(C)CB(O)CO.CN1CCOCC1.C[N+]1(C)CCOCC1.O=C=O.O=C=O.O=C=O. The molecule has 0 unspecified atom stereocenters. The Bertz CT molecular complexity index is 1010. The zero-order chi connectivity index (χ0) is 47.0. The van der Waals surface area contributed by atoms with Crippen molar-refractivity contribution in [1.29, 1.82) is 0 Å². The summed E-state index contributed by atoms with van der Waals surface area (Å²) in [5.41, 5.74) is 0. The summed E-state index contributed by atoms with van der Waals surface area (Å²) in [5.74, 6) is 0. The minimum absolute atomic E-state index is 0. The van der Waals surface area contributed by atoms with Gasteiger partial charge in [0.25, 0.3) is 0 Å². The number of hydrogen-bond acceptors (Lipinski definition) is 21. The lowest BCUT2D eigenvalue weighted by Crippen LogP contribution is -2.48. The van der Waals surface area contributed by atoms with Gasteiger partial charge in [-0.15, -0.1) is 0 Å². The first-order valence-electron chi connectivity index (χ1n) is 18.4. The van der Waals surface area contributed by atoms with E-state index < -0.39 is 38.1 Å². The Balaban J connectivity index is -0.0000000380. The molecule has 0 spiro atoms. The highest BCUT2D eigenvalue weighted by atomic mass is 32.3. The molecule has 2 fully saturated rings. The Morgan fingerprint density at radius 3 is 1.06 bits per heavy atom. The predicted octanol–water partition coefficient (Wildman–Crippen LogP) is 0.745. The second-order valence-corrected chi connectivity index (χ2v) is 14.3. The Kier molecular flexibility index (Phi) is 118. The van der Waals surface area contributed by atoms with Crippen molar-refractivity contribution in [2.75, 3.05) is 134 Å². The van der Waals surface area contributed by atoms with Gasteiger partial charge >= 0.3 is 46.1 Å². The van der Waals surface area contributed by atoms with Crippen molar-refractivity contribution in [3.05, 3.63) is 0 Å². The van der Waals surface area contributed by atoms with Gasteiger partial charge in [0.2, 0.25) is 10.4 Å². The average Bonchev–Trinajstić information content (AvgIpc) is 3.13. The topological polar surface area (TPSA) is 318 Å². The molecule has 0 atom stereocenters. The fourth-order valence-corrected chi connectivity index (χ4v) is 4.15. The zero-order valence-corrected chi connectivity index (χ0v) is 37.1. The van der Waals surface area contributed by atoms with E-state index in [2.05, 4.69) is 30.1 Å². The number of ether oxygens (including phenoxy) is 2. The van der Waals surface area contributed by atoms with Crippen LogP contribution in [0, 0.1) is 0 Å². The van der Waals surface area contributed by atoms with Crippen LogP contribution >= 0.6 is 0 Å². The molecular weight excluding hydrogens is 876 g/mol. The fourth-order valence-electron chi connectivity index (χ4n) is 3.62. The normalized spacial score (nSPS) is 11.9. The van der Waals surface area contributed by atoms with Crippen LogP contribution in [0.5, 0.6) is 0 Å². The summed E-state index contributed by atoms with van der Waals surface area (Å²) < 4.78 is 46.2. The summed E-state index contributed by atoms with van der Waals surface area (Å²) in [7, 11) is 9.29. The van der Waals surface area contributed by atoms with E-state index in [1.54, 1.807) is 25.9 Å². The molecular formula is C38H100B4N4O18S.